The van der Waals surface area contributed by atoms with Crippen LogP contribution in [0.15, 0.2) is 35.5 Å². The Morgan fingerprint density at radius 2 is 1.24 bits per heavy atom. The second-order valence-corrected chi connectivity index (χ2v) is 19.1. The molecule has 0 unspecified atom stereocenters. The van der Waals surface area contributed by atoms with E-state index in [1.807, 2.05) is 0 Å². The van der Waals surface area contributed by atoms with Crippen molar-refractivity contribution in [2.45, 2.75) is 139 Å². The van der Waals surface area contributed by atoms with Crippen molar-refractivity contribution >= 4 is 93.8 Å². The minimum Gasteiger partial charge on any atom is -0.481 e. The Labute approximate surface area is 452 Å². The van der Waals surface area contributed by atoms with Crippen LogP contribution in [-0.2, 0) is 68.7 Å². The highest BCUT2D eigenvalue weighted by atomic mass is 16.4. The number of rotatable bonds is 34. The number of fused-ring (bicyclic) bond motifs is 1. The lowest BCUT2D eigenvalue weighted by molar-refractivity contribution is -0.143. The number of hydrogen-bond donors (Lipinski definition) is 16. The van der Waals surface area contributed by atoms with Crippen molar-refractivity contribution < 1.29 is 77.6 Å². The number of para-hydroxylation sites is 1. The molecule has 1 aliphatic heterocycles. The molecule has 2 heterocycles. The number of carbonyl (C=O) groups is 13. The molecule has 1 fully saturated rings. The Morgan fingerprint density at radius 3 is 1.82 bits per heavy atom. The zero-order valence-electron chi connectivity index (χ0n) is 43.6. The first-order valence-electron chi connectivity index (χ1n) is 25.2. The predicted molar refractivity (Wildman–Crippen MR) is 278 cm³/mol. The molecule has 0 radical (unpaired) electrons. The number of aromatic amines is 1. The molecule has 1 saturated heterocycles. The van der Waals surface area contributed by atoms with Gasteiger partial charge < -0.3 is 91.1 Å². The molecule has 3 rings (SSSR count). The first-order chi connectivity index (χ1) is 37.2. The van der Waals surface area contributed by atoms with Gasteiger partial charge in [-0.3, -0.25) is 62.5 Å². The summed E-state index contributed by atoms with van der Waals surface area (Å²) in [6, 6.07) is -5.81. The first-order valence-corrected chi connectivity index (χ1v) is 25.2. The molecule has 0 saturated carbocycles. The average molecular weight is 1110 g/mol. The summed E-state index contributed by atoms with van der Waals surface area (Å²) in [6.07, 6.45) is -2.35. The van der Waals surface area contributed by atoms with Crippen LogP contribution in [0.4, 0.5) is 0 Å². The van der Waals surface area contributed by atoms with Gasteiger partial charge in [0.1, 0.15) is 42.3 Å². The molecule has 21 N–H and O–H groups in total. The second kappa shape index (κ2) is 31.4. The van der Waals surface area contributed by atoms with E-state index in [4.69, 9.17) is 33.8 Å². The van der Waals surface area contributed by atoms with Crippen LogP contribution in [0.1, 0.15) is 90.0 Å². The maximum atomic E-state index is 14.0. The first kappa shape index (κ1) is 64.4. The highest BCUT2D eigenvalue weighted by molar-refractivity contribution is 6.00. The molecule has 10 amide bonds. The molecule has 0 aliphatic carbocycles. The second-order valence-electron chi connectivity index (χ2n) is 19.1. The summed E-state index contributed by atoms with van der Waals surface area (Å²) in [5.41, 5.74) is 28.6. The number of nitrogens with one attached hydrogen (secondary N) is 8. The summed E-state index contributed by atoms with van der Waals surface area (Å²) in [7, 11) is 0. The number of likely N-dealkylation sites (tertiary alicyclic amines) is 1. The van der Waals surface area contributed by atoms with Gasteiger partial charge in [0.2, 0.25) is 59.1 Å². The third-order valence-corrected chi connectivity index (χ3v) is 12.3. The van der Waals surface area contributed by atoms with E-state index in [-0.39, 0.29) is 63.5 Å². The Hall–Kier alpha value is -8.90. The van der Waals surface area contributed by atoms with E-state index in [1.165, 1.54) is 0 Å². The lowest BCUT2D eigenvalue weighted by Crippen LogP contribution is -2.60. The standard InChI is InChI=1S/C48H71N15O16/c1-23(2)17-33(47(78)79)62-43(74)30(18-24-21-55-27-8-4-3-7-25(24)27)59-45(76)32(20-39(69)70)61-42(73)29(12-13-35(50)64)57-44(75)31(19-36(51)65)60-41(72)28(9-5-15-54-48(52)53)58-46(77)34-10-6-16-63(34)37(66)22-56-40(71)26(49)11-14-38(67)68/h3-4,7-8,21,23,26,28-34,55H,5-6,9-20,22,49H2,1-2H3,(H2,50,64)(H2,51,65)(H,56,71)(H,57,75)(H,58,77)(H,59,76)(H,60,72)(H,61,73)(H,62,74)(H,67,68)(H,69,70)(H,78,79)(H4,52,53,54)/t26-,28-,29-,30-,31-,32-,33-,34-/m0/s1. The van der Waals surface area contributed by atoms with Crippen LogP contribution in [0.25, 0.3) is 10.9 Å². The van der Waals surface area contributed by atoms with Gasteiger partial charge in [-0.15, -0.1) is 0 Å². The molecule has 31 nitrogen and oxygen atoms in total. The molecule has 2 aromatic rings. The largest absolute Gasteiger partial charge is 0.481 e. The van der Waals surface area contributed by atoms with Crippen molar-refractivity contribution in [2.75, 3.05) is 19.6 Å². The lowest BCUT2D eigenvalue weighted by Gasteiger charge is -2.28. The van der Waals surface area contributed by atoms with Crippen molar-refractivity contribution in [3.05, 3.63) is 36.0 Å². The van der Waals surface area contributed by atoms with E-state index >= 15 is 0 Å². The zero-order chi connectivity index (χ0) is 59.1. The van der Waals surface area contributed by atoms with Crippen LogP contribution in [0.5, 0.6) is 0 Å². The monoisotopic (exact) mass is 1110 g/mol. The number of nitrogens with zero attached hydrogens (tertiary/aromatic N) is 2. The average Bonchev–Trinajstić information content (AvgIpc) is 4.07. The summed E-state index contributed by atoms with van der Waals surface area (Å²) in [6.45, 7) is 2.83. The molecule has 0 bridgehead atoms. The topological polar surface area (TPSA) is 528 Å². The third-order valence-electron chi connectivity index (χ3n) is 12.3. The van der Waals surface area contributed by atoms with Crippen molar-refractivity contribution in [1.29, 1.82) is 0 Å². The van der Waals surface area contributed by atoms with Crippen LogP contribution >= 0.6 is 0 Å². The van der Waals surface area contributed by atoms with Gasteiger partial charge in [-0.05, 0) is 62.5 Å². The number of benzene rings is 1. The van der Waals surface area contributed by atoms with E-state index in [9.17, 15) is 72.5 Å². The highest BCUT2D eigenvalue weighted by Crippen LogP contribution is 2.21. The molecule has 1 aromatic heterocycles. The number of aliphatic carboxylic acids is 3. The number of guanidine groups is 1. The van der Waals surface area contributed by atoms with Crippen LogP contribution < -0.4 is 65.9 Å². The van der Waals surface area contributed by atoms with E-state index in [2.05, 4.69) is 47.2 Å². The number of hydrogen-bond acceptors (Lipinski definition) is 15. The highest BCUT2D eigenvalue weighted by Gasteiger charge is 2.38. The van der Waals surface area contributed by atoms with Crippen LogP contribution in [0.3, 0.4) is 0 Å². The lowest BCUT2D eigenvalue weighted by atomic mass is 10.0. The van der Waals surface area contributed by atoms with Gasteiger partial charge in [0.05, 0.1) is 25.4 Å². The van der Waals surface area contributed by atoms with Crippen molar-refractivity contribution in [3.63, 3.8) is 0 Å². The predicted octanol–water partition coefficient (Wildman–Crippen LogP) is -5.28. The Kier molecular flexibility index (Phi) is 25.6. The zero-order valence-corrected chi connectivity index (χ0v) is 43.6. The normalized spacial score (nSPS) is 15.6. The SMILES string of the molecule is CC(C)C[C@H](NC(=O)[C@H](Cc1c[nH]c2ccccc12)NC(=O)[C@H](CC(=O)O)NC(=O)[C@H](CCC(N)=O)NC(=O)[C@H](CC(N)=O)NC(=O)[C@H](CCCN=C(N)N)NC(=O)[C@@H]1CCCN1C(=O)CNC(=O)[C@@H](N)CCC(=O)O)C(=O)O. The minimum absolute atomic E-state index is 0.00161. The molecular weight excluding hydrogens is 1040 g/mol. The number of nitrogens with two attached hydrogens (primary N) is 5. The fourth-order valence-corrected chi connectivity index (χ4v) is 8.32. The summed E-state index contributed by atoms with van der Waals surface area (Å²) in [5, 5.41) is 45.7. The quantitative estimate of drug-likeness (QED) is 0.0177. The Bertz CT molecular complexity index is 2600. The number of amides is 10. The van der Waals surface area contributed by atoms with Crippen LogP contribution in [-0.4, -0.2) is 176 Å². The summed E-state index contributed by atoms with van der Waals surface area (Å²) >= 11 is 0. The van der Waals surface area contributed by atoms with Crippen LogP contribution in [0.2, 0.25) is 0 Å². The molecule has 1 aromatic carbocycles. The summed E-state index contributed by atoms with van der Waals surface area (Å²) in [5.74, 6) is -15.1. The Morgan fingerprint density at radius 1 is 0.671 bits per heavy atom. The van der Waals surface area contributed by atoms with E-state index in [1.54, 1.807) is 44.3 Å². The summed E-state index contributed by atoms with van der Waals surface area (Å²) in [4.78, 5) is 177. The molecule has 79 heavy (non-hydrogen) atoms. The van der Waals surface area contributed by atoms with E-state index in [0.717, 1.165) is 4.90 Å². The number of carboxylic acids is 3. The minimum atomic E-state index is -2.01. The third kappa shape index (κ3) is 21.9. The van der Waals surface area contributed by atoms with E-state index < -0.39 is 164 Å². The molecular formula is C48H71N15O16. The number of aromatic nitrogens is 1. The number of carbonyl (C=O) groups excluding carboxylic acids is 10. The molecule has 1 aliphatic rings. The number of primary amides is 2. The maximum Gasteiger partial charge on any atom is 0.326 e. The summed E-state index contributed by atoms with van der Waals surface area (Å²) < 4.78 is 0. The molecule has 8 atom stereocenters. The molecule has 0 spiro atoms. The van der Waals surface area contributed by atoms with Crippen LogP contribution in [0, 0.1) is 5.92 Å². The fraction of sp³-hybridized carbons (Fsp3) is 0.542. The smallest absolute Gasteiger partial charge is 0.326 e. The van der Waals surface area contributed by atoms with Crippen molar-refractivity contribution in [2.24, 2.45) is 39.6 Å². The van der Waals surface area contributed by atoms with Gasteiger partial charge in [-0.1, -0.05) is 32.0 Å². The van der Waals surface area contributed by atoms with Gasteiger partial charge in [0.25, 0.3) is 0 Å². The van der Waals surface area contributed by atoms with Gasteiger partial charge in [-0.2, -0.15) is 0 Å². The maximum absolute atomic E-state index is 14.0. The van der Waals surface area contributed by atoms with Crippen molar-refractivity contribution in [1.82, 2.24) is 47.1 Å². The Balaban J connectivity index is 1.89. The van der Waals surface area contributed by atoms with Crippen molar-refractivity contribution in [3.8, 4) is 0 Å². The van der Waals surface area contributed by atoms with Gasteiger partial charge in [0.15, 0.2) is 5.96 Å². The van der Waals surface area contributed by atoms with Gasteiger partial charge >= 0.3 is 17.9 Å². The number of H-pyrrole nitrogens is 1. The number of carboxylic acid groups (broad SMARTS) is 3. The van der Waals surface area contributed by atoms with Gasteiger partial charge in [-0.25, -0.2) is 4.79 Å². The molecule has 31 heteroatoms. The van der Waals surface area contributed by atoms with E-state index in [0.29, 0.717) is 22.9 Å². The van der Waals surface area contributed by atoms with Gasteiger partial charge in [0, 0.05) is 49.5 Å². The molecule has 434 valence electrons. The number of aliphatic imine (C=N–C) groups is 1. The fourth-order valence-electron chi connectivity index (χ4n) is 8.32.